The molecular formula is C7H14N4. The molecule has 2 atom stereocenters. The maximum absolute atomic E-state index is 8.10. The van der Waals surface area contributed by atoms with E-state index >= 15 is 0 Å². The number of azide groups is 1. The lowest BCUT2D eigenvalue weighted by Crippen LogP contribution is -2.34. The molecule has 0 bridgehead atoms. The Balaban J connectivity index is 2.35. The van der Waals surface area contributed by atoms with Crippen molar-refractivity contribution in [2.24, 2.45) is 16.8 Å². The van der Waals surface area contributed by atoms with Gasteiger partial charge in [0.2, 0.25) is 0 Å². The van der Waals surface area contributed by atoms with Gasteiger partial charge in [0.05, 0.1) is 0 Å². The van der Waals surface area contributed by atoms with E-state index in [2.05, 4.69) is 10.0 Å². The van der Waals surface area contributed by atoms with Crippen LogP contribution in [-0.4, -0.2) is 12.6 Å². The number of hydrogen-bond donors (Lipinski definition) is 1. The number of hydrogen-bond acceptors (Lipinski definition) is 2. The number of rotatable bonds is 2. The molecule has 1 aliphatic rings. The molecular weight excluding hydrogens is 140 g/mol. The first-order chi connectivity index (χ1) is 5.34. The quantitative estimate of drug-likeness (QED) is 0.367. The summed E-state index contributed by atoms with van der Waals surface area (Å²) in [6.07, 6.45) is 4.68. The molecule has 2 N–H and O–H groups in total. The van der Waals surface area contributed by atoms with Crippen molar-refractivity contribution in [3.63, 3.8) is 0 Å². The Bertz CT molecular complexity index is 162. The molecule has 0 aromatic carbocycles. The first kappa shape index (κ1) is 8.37. The van der Waals surface area contributed by atoms with Crippen molar-refractivity contribution in [2.75, 3.05) is 6.54 Å². The van der Waals surface area contributed by atoms with Crippen molar-refractivity contribution < 1.29 is 0 Å². The first-order valence-corrected chi connectivity index (χ1v) is 4.11. The fourth-order valence-corrected chi connectivity index (χ4v) is 1.60. The molecule has 62 valence electrons. The van der Waals surface area contributed by atoms with E-state index in [1.54, 1.807) is 0 Å². The van der Waals surface area contributed by atoms with E-state index in [1.165, 1.54) is 12.8 Å². The fourth-order valence-electron chi connectivity index (χ4n) is 1.60. The molecule has 1 fully saturated rings. The summed E-state index contributed by atoms with van der Waals surface area (Å²) in [5.74, 6) is 0.430. The van der Waals surface area contributed by atoms with E-state index in [9.17, 15) is 0 Å². The standard InChI is InChI=1S/C7H14N4/c8-7-4-2-1-3-6(7)5-10-11-9/h6-7H,1-5,8H2. The van der Waals surface area contributed by atoms with Gasteiger partial charge in [-0.25, -0.2) is 0 Å². The highest BCUT2D eigenvalue weighted by Crippen LogP contribution is 2.22. The molecule has 2 unspecified atom stereocenters. The van der Waals surface area contributed by atoms with Gasteiger partial charge in [-0.2, -0.15) is 0 Å². The largest absolute Gasteiger partial charge is 0.327 e. The zero-order valence-electron chi connectivity index (χ0n) is 6.61. The summed E-state index contributed by atoms with van der Waals surface area (Å²) >= 11 is 0. The van der Waals surface area contributed by atoms with Crippen LogP contribution in [0.5, 0.6) is 0 Å². The van der Waals surface area contributed by atoms with Crippen molar-refractivity contribution in [1.82, 2.24) is 0 Å². The Hall–Kier alpha value is -0.730. The van der Waals surface area contributed by atoms with Gasteiger partial charge in [0.25, 0.3) is 0 Å². The molecule has 0 aromatic rings. The van der Waals surface area contributed by atoms with Crippen LogP contribution in [-0.2, 0) is 0 Å². The molecule has 0 spiro atoms. The summed E-state index contributed by atoms with van der Waals surface area (Å²) in [5, 5.41) is 3.55. The second-order valence-electron chi connectivity index (χ2n) is 3.12. The molecule has 0 aromatic heterocycles. The predicted octanol–water partition coefficient (Wildman–Crippen LogP) is 1.81. The van der Waals surface area contributed by atoms with Crippen LogP contribution < -0.4 is 5.73 Å². The molecule has 1 saturated carbocycles. The van der Waals surface area contributed by atoms with Crippen LogP contribution in [0.4, 0.5) is 0 Å². The second kappa shape index (κ2) is 4.21. The first-order valence-electron chi connectivity index (χ1n) is 4.11. The lowest BCUT2D eigenvalue weighted by atomic mass is 9.85. The molecule has 0 heterocycles. The normalized spacial score (nSPS) is 31.0. The van der Waals surface area contributed by atoms with E-state index < -0.39 is 0 Å². The summed E-state index contributed by atoms with van der Waals surface area (Å²) in [6.45, 7) is 0.581. The highest BCUT2D eigenvalue weighted by Gasteiger charge is 2.20. The Morgan fingerprint density at radius 2 is 2.18 bits per heavy atom. The summed E-state index contributed by atoms with van der Waals surface area (Å²) in [6, 6.07) is 0.259. The second-order valence-corrected chi connectivity index (χ2v) is 3.12. The van der Waals surface area contributed by atoms with E-state index in [1.807, 2.05) is 0 Å². The van der Waals surface area contributed by atoms with Gasteiger partial charge in [-0.05, 0) is 24.3 Å². The Labute approximate surface area is 66.4 Å². The Kier molecular flexibility index (Phi) is 3.20. The SMILES string of the molecule is [N-]=[N+]=NCC1CCCCC1N. The van der Waals surface area contributed by atoms with Gasteiger partial charge in [-0.1, -0.05) is 18.0 Å². The predicted molar refractivity (Wildman–Crippen MR) is 43.9 cm³/mol. The number of nitrogens with two attached hydrogens (primary N) is 1. The molecule has 11 heavy (non-hydrogen) atoms. The van der Waals surface area contributed by atoms with Crippen LogP contribution in [0.3, 0.4) is 0 Å². The third-order valence-electron chi connectivity index (χ3n) is 2.35. The van der Waals surface area contributed by atoms with Gasteiger partial charge in [-0.15, -0.1) is 0 Å². The van der Waals surface area contributed by atoms with E-state index in [4.69, 9.17) is 11.3 Å². The maximum atomic E-state index is 8.10. The van der Waals surface area contributed by atoms with E-state index in [0.29, 0.717) is 12.5 Å². The molecule has 0 radical (unpaired) electrons. The van der Waals surface area contributed by atoms with Crippen LogP contribution >= 0.6 is 0 Å². The average Bonchev–Trinajstić information content (AvgIpc) is 2.03. The van der Waals surface area contributed by atoms with Crippen molar-refractivity contribution in [1.29, 1.82) is 0 Å². The highest BCUT2D eigenvalue weighted by atomic mass is 15.1. The highest BCUT2D eigenvalue weighted by molar-refractivity contribution is 4.79. The topological polar surface area (TPSA) is 74.8 Å². The van der Waals surface area contributed by atoms with Crippen LogP contribution in [0.25, 0.3) is 10.4 Å². The average molecular weight is 154 g/mol. The van der Waals surface area contributed by atoms with Gasteiger partial charge >= 0.3 is 0 Å². The van der Waals surface area contributed by atoms with E-state index in [0.717, 1.165) is 12.8 Å². The maximum Gasteiger partial charge on any atom is 0.0301 e. The zero-order chi connectivity index (χ0) is 8.10. The van der Waals surface area contributed by atoms with Crippen molar-refractivity contribution in [2.45, 2.75) is 31.7 Å². The Morgan fingerprint density at radius 1 is 1.45 bits per heavy atom. The van der Waals surface area contributed by atoms with Gasteiger partial charge in [0.15, 0.2) is 0 Å². The van der Waals surface area contributed by atoms with Gasteiger partial charge in [0, 0.05) is 17.5 Å². The van der Waals surface area contributed by atoms with Gasteiger partial charge < -0.3 is 5.73 Å². The summed E-state index contributed by atoms with van der Waals surface area (Å²) < 4.78 is 0. The molecule has 4 heteroatoms. The molecule has 0 amide bonds. The smallest absolute Gasteiger partial charge is 0.0301 e. The van der Waals surface area contributed by atoms with Crippen molar-refractivity contribution >= 4 is 0 Å². The minimum absolute atomic E-state index is 0.259. The van der Waals surface area contributed by atoms with Crippen LogP contribution in [0, 0.1) is 5.92 Å². The molecule has 1 aliphatic carbocycles. The summed E-state index contributed by atoms with van der Waals surface area (Å²) in [7, 11) is 0. The lowest BCUT2D eigenvalue weighted by molar-refractivity contribution is 0.315. The van der Waals surface area contributed by atoms with Crippen LogP contribution in [0.2, 0.25) is 0 Å². The van der Waals surface area contributed by atoms with Crippen LogP contribution in [0.15, 0.2) is 5.11 Å². The van der Waals surface area contributed by atoms with Crippen molar-refractivity contribution in [3.05, 3.63) is 10.4 Å². The van der Waals surface area contributed by atoms with E-state index in [-0.39, 0.29) is 6.04 Å². The third-order valence-corrected chi connectivity index (χ3v) is 2.35. The molecule has 4 nitrogen and oxygen atoms in total. The van der Waals surface area contributed by atoms with Gasteiger partial charge in [0.1, 0.15) is 0 Å². The molecule has 0 aliphatic heterocycles. The summed E-state index contributed by atoms with van der Waals surface area (Å²) in [4.78, 5) is 2.73. The van der Waals surface area contributed by atoms with Crippen molar-refractivity contribution in [3.8, 4) is 0 Å². The van der Waals surface area contributed by atoms with Gasteiger partial charge in [-0.3, -0.25) is 0 Å². The minimum Gasteiger partial charge on any atom is -0.327 e. The number of nitrogens with zero attached hydrogens (tertiary/aromatic N) is 3. The third kappa shape index (κ3) is 2.41. The molecule has 1 rings (SSSR count). The van der Waals surface area contributed by atoms with Crippen LogP contribution in [0.1, 0.15) is 25.7 Å². The molecule has 0 saturated heterocycles. The monoisotopic (exact) mass is 154 g/mol. The zero-order valence-corrected chi connectivity index (χ0v) is 6.61. The minimum atomic E-state index is 0.259. The Morgan fingerprint density at radius 3 is 2.82 bits per heavy atom. The summed E-state index contributed by atoms with van der Waals surface area (Å²) in [5.41, 5.74) is 13.9. The fraction of sp³-hybridized carbons (Fsp3) is 1.00. The lowest BCUT2D eigenvalue weighted by Gasteiger charge is -2.26.